The topological polar surface area (TPSA) is 63.3 Å². The van der Waals surface area contributed by atoms with E-state index in [4.69, 9.17) is 4.42 Å². The Morgan fingerprint density at radius 1 is 1.36 bits per heavy atom. The van der Waals surface area contributed by atoms with Gasteiger partial charge in [0.05, 0.1) is 23.9 Å². The first kappa shape index (κ1) is 17.7. The van der Waals surface area contributed by atoms with E-state index in [0.717, 1.165) is 35.8 Å². The molecule has 1 amide bonds. The Labute approximate surface area is 149 Å². The molecule has 0 spiro atoms. The van der Waals surface area contributed by atoms with Crippen LogP contribution < -0.4 is 5.32 Å². The number of aryl methyl sites for hydroxylation is 2. The normalized spacial score (nSPS) is 17.6. The predicted octanol–water partition coefficient (Wildman–Crippen LogP) is 2.69. The Morgan fingerprint density at radius 2 is 2.08 bits per heavy atom. The summed E-state index contributed by atoms with van der Waals surface area (Å²) in [7, 11) is 1.91. The molecule has 0 unspecified atom stereocenters. The summed E-state index contributed by atoms with van der Waals surface area (Å²) in [5.41, 5.74) is 2.99. The molecule has 2 atom stereocenters. The van der Waals surface area contributed by atoms with Crippen LogP contribution in [0.15, 0.2) is 22.8 Å². The molecule has 25 heavy (non-hydrogen) atoms. The van der Waals surface area contributed by atoms with Crippen molar-refractivity contribution < 1.29 is 9.21 Å². The Balaban J connectivity index is 1.69. The third-order valence-electron chi connectivity index (χ3n) is 5.31. The van der Waals surface area contributed by atoms with E-state index in [1.807, 2.05) is 44.6 Å². The SMILES string of the molecule is Cc1nn(C)c(C)c1[C@H](C)C(=O)NC[C@H](c1ccco1)N1CCCC1. The van der Waals surface area contributed by atoms with E-state index in [9.17, 15) is 4.79 Å². The number of likely N-dealkylation sites (tertiary alicyclic amines) is 1. The van der Waals surface area contributed by atoms with E-state index < -0.39 is 0 Å². The number of hydrogen-bond donors (Lipinski definition) is 1. The van der Waals surface area contributed by atoms with Crippen molar-refractivity contribution in [2.24, 2.45) is 7.05 Å². The molecule has 1 N–H and O–H groups in total. The van der Waals surface area contributed by atoms with Crippen molar-refractivity contribution >= 4 is 5.91 Å². The average molecular weight is 344 g/mol. The third-order valence-corrected chi connectivity index (χ3v) is 5.31. The molecule has 0 radical (unpaired) electrons. The third kappa shape index (κ3) is 3.63. The summed E-state index contributed by atoms with van der Waals surface area (Å²) in [5.74, 6) is 0.739. The number of amides is 1. The van der Waals surface area contributed by atoms with Gasteiger partial charge in [0, 0.05) is 24.8 Å². The van der Waals surface area contributed by atoms with Crippen molar-refractivity contribution in [2.45, 2.75) is 45.6 Å². The summed E-state index contributed by atoms with van der Waals surface area (Å²) in [6.45, 7) is 8.59. The van der Waals surface area contributed by atoms with Crippen LogP contribution in [0, 0.1) is 13.8 Å². The van der Waals surface area contributed by atoms with Crippen LogP contribution in [-0.4, -0.2) is 40.2 Å². The monoisotopic (exact) mass is 344 g/mol. The lowest BCUT2D eigenvalue weighted by molar-refractivity contribution is -0.122. The maximum absolute atomic E-state index is 12.7. The zero-order valence-electron chi connectivity index (χ0n) is 15.6. The fraction of sp³-hybridized carbons (Fsp3) is 0.579. The lowest BCUT2D eigenvalue weighted by atomic mass is 9.98. The van der Waals surface area contributed by atoms with Crippen LogP contribution >= 0.6 is 0 Å². The Morgan fingerprint density at radius 3 is 2.64 bits per heavy atom. The van der Waals surface area contributed by atoms with Gasteiger partial charge in [0.1, 0.15) is 5.76 Å². The van der Waals surface area contributed by atoms with Gasteiger partial charge in [-0.1, -0.05) is 0 Å². The summed E-state index contributed by atoms with van der Waals surface area (Å²) >= 11 is 0. The van der Waals surface area contributed by atoms with Gasteiger partial charge >= 0.3 is 0 Å². The van der Waals surface area contributed by atoms with Crippen LogP contribution in [0.2, 0.25) is 0 Å². The van der Waals surface area contributed by atoms with E-state index >= 15 is 0 Å². The molecule has 0 bridgehead atoms. The predicted molar refractivity (Wildman–Crippen MR) is 96.4 cm³/mol. The van der Waals surface area contributed by atoms with Crippen LogP contribution in [0.4, 0.5) is 0 Å². The van der Waals surface area contributed by atoms with Crippen molar-refractivity contribution in [3.63, 3.8) is 0 Å². The molecule has 1 aliphatic rings. The van der Waals surface area contributed by atoms with Gasteiger partial charge in [-0.15, -0.1) is 0 Å². The van der Waals surface area contributed by atoms with Gasteiger partial charge in [-0.3, -0.25) is 14.4 Å². The molecule has 6 heteroatoms. The van der Waals surface area contributed by atoms with Gasteiger partial charge in [0.15, 0.2) is 0 Å². The zero-order chi connectivity index (χ0) is 18.0. The second kappa shape index (κ2) is 7.44. The van der Waals surface area contributed by atoms with Crippen molar-refractivity contribution in [3.05, 3.63) is 41.1 Å². The number of furan rings is 1. The minimum absolute atomic E-state index is 0.0370. The zero-order valence-corrected chi connectivity index (χ0v) is 15.6. The fourth-order valence-electron chi connectivity index (χ4n) is 3.84. The molecule has 0 saturated carbocycles. The molecule has 0 aliphatic carbocycles. The van der Waals surface area contributed by atoms with E-state index in [-0.39, 0.29) is 17.9 Å². The summed E-state index contributed by atoms with van der Waals surface area (Å²) < 4.78 is 7.46. The van der Waals surface area contributed by atoms with Gasteiger partial charge in [-0.05, 0) is 58.8 Å². The van der Waals surface area contributed by atoms with Gasteiger partial charge < -0.3 is 9.73 Å². The first-order valence-corrected chi connectivity index (χ1v) is 9.04. The highest BCUT2D eigenvalue weighted by Crippen LogP contribution is 2.26. The second-order valence-corrected chi connectivity index (χ2v) is 6.95. The van der Waals surface area contributed by atoms with Crippen LogP contribution in [0.3, 0.4) is 0 Å². The Hall–Kier alpha value is -2.08. The quantitative estimate of drug-likeness (QED) is 0.875. The van der Waals surface area contributed by atoms with Crippen molar-refractivity contribution in [2.75, 3.05) is 19.6 Å². The lowest BCUT2D eigenvalue weighted by Gasteiger charge is -2.26. The maximum atomic E-state index is 12.7. The largest absolute Gasteiger partial charge is 0.468 e. The summed E-state index contributed by atoms with van der Waals surface area (Å²) in [6, 6.07) is 4.00. The number of carbonyl (C=O) groups is 1. The Bertz CT molecular complexity index is 714. The number of nitrogens with one attached hydrogen (secondary N) is 1. The standard InChI is InChI=1S/C19H28N4O2/c1-13(18-14(2)21-22(4)15(18)3)19(24)20-12-16(17-8-7-11-25-17)23-9-5-6-10-23/h7-8,11,13,16H,5-6,9-10,12H2,1-4H3,(H,20,24)/t13-,16+/m0/s1. The highest BCUT2D eigenvalue weighted by Gasteiger charge is 2.28. The van der Waals surface area contributed by atoms with E-state index in [2.05, 4.69) is 15.3 Å². The summed E-state index contributed by atoms with van der Waals surface area (Å²) in [5, 5.41) is 7.56. The molecule has 6 nitrogen and oxygen atoms in total. The molecule has 3 rings (SSSR count). The van der Waals surface area contributed by atoms with Gasteiger partial charge in [0.2, 0.25) is 5.91 Å². The minimum Gasteiger partial charge on any atom is -0.468 e. The molecule has 2 aromatic heterocycles. The first-order valence-electron chi connectivity index (χ1n) is 9.04. The second-order valence-electron chi connectivity index (χ2n) is 6.95. The maximum Gasteiger partial charge on any atom is 0.227 e. The molecule has 1 aliphatic heterocycles. The van der Waals surface area contributed by atoms with Gasteiger partial charge in [-0.2, -0.15) is 5.10 Å². The molecular formula is C19H28N4O2. The number of rotatable bonds is 6. The van der Waals surface area contributed by atoms with Crippen molar-refractivity contribution in [1.82, 2.24) is 20.0 Å². The van der Waals surface area contributed by atoms with E-state index in [1.54, 1.807) is 6.26 Å². The van der Waals surface area contributed by atoms with E-state index in [0.29, 0.717) is 6.54 Å². The summed E-state index contributed by atoms with van der Waals surface area (Å²) in [6.07, 6.45) is 4.11. The highest BCUT2D eigenvalue weighted by atomic mass is 16.3. The number of nitrogens with zero attached hydrogens (tertiary/aromatic N) is 3. The molecule has 2 aromatic rings. The molecule has 136 valence electrons. The Kier molecular flexibility index (Phi) is 5.27. The van der Waals surface area contributed by atoms with Crippen LogP contribution in [-0.2, 0) is 11.8 Å². The van der Waals surface area contributed by atoms with Crippen LogP contribution in [0.5, 0.6) is 0 Å². The molecular weight excluding hydrogens is 316 g/mol. The molecule has 3 heterocycles. The highest BCUT2D eigenvalue weighted by molar-refractivity contribution is 5.83. The van der Waals surface area contributed by atoms with Crippen LogP contribution in [0.25, 0.3) is 0 Å². The summed E-state index contributed by atoms with van der Waals surface area (Å²) in [4.78, 5) is 15.1. The fourth-order valence-corrected chi connectivity index (χ4v) is 3.84. The number of carbonyl (C=O) groups excluding carboxylic acids is 1. The van der Waals surface area contributed by atoms with Crippen molar-refractivity contribution in [3.8, 4) is 0 Å². The lowest BCUT2D eigenvalue weighted by Crippen LogP contribution is -2.38. The molecule has 0 aromatic carbocycles. The minimum atomic E-state index is -0.218. The van der Waals surface area contributed by atoms with E-state index in [1.165, 1.54) is 12.8 Å². The smallest absolute Gasteiger partial charge is 0.227 e. The first-order chi connectivity index (χ1) is 12.0. The van der Waals surface area contributed by atoms with Gasteiger partial charge in [-0.25, -0.2) is 0 Å². The number of hydrogen-bond acceptors (Lipinski definition) is 4. The molecule has 1 fully saturated rings. The van der Waals surface area contributed by atoms with Crippen LogP contribution in [0.1, 0.15) is 54.4 Å². The number of aromatic nitrogens is 2. The average Bonchev–Trinajstić information content (AvgIpc) is 3.32. The molecule has 1 saturated heterocycles. The van der Waals surface area contributed by atoms with Gasteiger partial charge in [0.25, 0.3) is 0 Å². The van der Waals surface area contributed by atoms with Crippen molar-refractivity contribution in [1.29, 1.82) is 0 Å².